The second-order valence-electron chi connectivity index (χ2n) is 5.83. The maximum absolute atomic E-state index is 12.2. The number of benzene rings is 2. The van der Waals surface area contributed by atoms with Gasteiger partial charge in [-0.3, -0.25) is 4.79 Å². The zero-order chi connectivity index (χ0) is 19.9. The molecule has 1 heterocycles. The highest BCUT2D eigenvalue weighted by atomic mass is 32.2. The highest BCUT2D eigenvalue weighted by Crippen LogP contribution is 2.22. The number of esters is 1. The number of rotatable bonds is 8. The summed E-state index contributed by atoms with van der Waals surface area (Å²) in [6, 6.07) is 16.0. The van der Waals surface area contributed by atoms with Gasteiger partial charge in [-0.05, 0) is 49.2 Å². The monoisotopic (exact) mass is 430 g/mol. The Morgan fingerprint density at radius 3 is 2.46 bits per heavy atom. The molecule has 0 aliphatic carbocycles. The van der Waals surface area contributed by atoms with Gasteiger partial charge in [-0.15, -0.1) is 5.10 Å². The summed E-state index contributed by atoms with van der Waals surface area (Å²) in [5.74, 6) is -0.365. The zero-order valence-electron chi connectivity index (χ0n) is 15.2. The first-order chi connectivity index (χ1) is 13.6. The third kappa shape index (κ3) is 5.15. The first-order valence-corrected chi connectivity index (χ1v) is 11.0. The summed E-state index contributed by atoms with van der Waals surface area (Å²) < 4.78 is 8.49. The number of Topliss-reactive ketones (excluding diaryl/α,β-unsaturated/α-hetero) is 1. The molecule has 0 saturated carbocycles. The van der Waals surface area contributed by atoms with Crippen molar-refractivity contribution in [2.24, 2.45) is 0 Å². The highest BCUT2D eigenvalue weighted by molar-refractivity contribution is 8.00. The van der Waals surface area contributed by atoms with Crippen LogP contribution in [0.5, 0.6) is 0 Å². The third-order valence-corrected chi connectivity index (χ3v) is 6.14. The van der Waals surface area contributed by atoms with E-state index in [9.17, 15) is 9.59 Å². The topological polar surface area (TPSA) is 61.2 Å². The van der Waals surface area contributed by atoms with Gasteiger partial charge in [0, 0.05) is 12.0 Å². The van der Waals surface area contributed by atoms with Crippen LogP contribution in [-0.4, -0.2) is 34.4 Å². The quantitative estimate of drug-likeness (QED) is 0.161. The van der Waals surface area contributed by atoms with Gasteiger partial charge in [0.25, 0.3) is 0 Å². The Bertz CT molecular complexity index is 1010. The number of carbonyl (C=O) groups excluding carboxylic acids is 2. The number of ketones is 1. The minimum atomic E-state index is -0.412. The normalized spacial score (nSPS) is 10.6. The lowest BCUT2D eigenvalue weighted by Gasteiger charge is -2.06. The van der Waals surface area contributed by atoms with Crippen LogP contribution >= 0.6 is 35.3 Å². The van der Waals surface area contributed by atoms with Crippen LogP contribution in [0, 0.1) is 3.95 Å². The molecule has 0 saturated heterocycles. The molecule has 3 aromatic rings. The standard InChI is InChI=1S/C20H18N2O3S3/c1-27-19-21-22(20(26)28-19)16-11-9-15(10-12-16)18(24)25-13-5-8-17(23)14-6-3-2-4-7-14/h2-4,6-7,9-12H,5,8,13H2,1H3. The molecule has 3 rings (SSSR count). The summed E-state index contributed by atoms with van der Waals surface area (Å²) >= 11 is 8.30. The number of hydrogen-bond donors (Lipinski definition) is 0. The van der Waals surface area contributed by atoms with Crippen LogP contribution in [0.4, 0.5) is 0 Å². The molecule has 0 spiro atoms. The SMILES string of the molecule is CSc1nn(-c2ccc(C(=O)OCCCC(=O)c3ccccc3)cc2)c(=S)s1. The molecule has 8 heteroatoms. The maximum atomic E-state index is 12.2. The van der Waals surface area contributed by atoms with Crippen LogP contribution in [-0.2, 0) is 4.74 Å². The molecule has 0 unspecified atom stereocenters. The fourth-order valence-corrected chi connectivity index (χ4v) is 4.27. The van der Waals surface area contributed by atoms with Crippen molar-refractivity contribution in [1.82, 2.24) is 9.78 Å². The van der Waals surface area contributed by atoms with Gasteiger partial charge in [0.1, 0.15) is 0 Å². The van der Waals surface area contributed by atoms with Crippen molar-refractivity contribution in [2.45, 2.75) is 17.2 Å². The Kier molecular flexibility index (Phi) is 7.13. The highest BCUT2D eigenvalue weighted by Gasteiger charge is 2.10. The predicted octanol–water partition coefficient (Wildman–Crippen LogP) is 5.21. The van der Waals surface area contributed by atoms with Crippen molar-refractivity contribution in [3.05, 3.63) is 69.7 Å². The molecule has 0 fully saturated rings. The number of thioether (sulfide) groups is 1. The Morgan fingerprint density at radius 2 is 1.82 bits per heavy atom. The average molecular weight is 431 g/mol. The molecular weight excluding hydrogens is 412 g/mol. The molecule has 0 aliphatic heterocycles. The van der Waals surface area contributed by atoms with Crippen molar-refractivity contribution in [1.29, 1.82) is 0 Å². The molecule has 0 radical (unpaired) electrons. The Balaban J connectivity index is 1.51. The van der Waals surface area contributed by atoms with Crippen LogP contribution in [0.15, 0.2) is 58.9 Å². The van der Waals surface area contributed by atoms with Crippen molar-refractivity contribution < 1.29 is 14.3 Å². The number of carbonyl (C=O) groups is 2. The molecule has 0 bridgehead atoms. The van der Waals surface area contributed by atoms with Crippen LogP contribution < -0.4 is 0 Å². The van der Waals surface area contributed by atoms with E-state index < -0.39 is 5.97 Å². The first-order valence-electron chi connectivity index (χ1n) is 8.58. The lowest BCUT2D eigenvalue weighted by Crippen LogP contribution is -2.08. The minimum Gasteiger partial charge on any atom is -0.462 e. The van der Waals surface area contributed by atoms with Crippen LogP contribution in [0.3, 0.4) is 0 Å². The van der Waals surface area contributed by atoms with E-state index in [0.29, 0.717) is 27.9 Å². The van der Waals surface area contributed by atoms with Crippen LogP contribution in [0.25, 0.3) is 5.69 Å². The second-order valence-corrected chi connectivity index (χ2v) is 8.50. The average Bonchev–Trinajstić information content (AvgIpc) is 3.12. The van der Waals surface area contributed by atoms with E-state index in [0.717, 1.165) is 10.0 Å². The third-order valence-electron chi connectivity index (χ3n) is 3.93. The van der Waals surface area contributed by atoms with E-state index in [4.69, 9.17) is 17.0 Å². The summed E-state index contributed by atoms with van der Waals surface area (Å²) in [4.78, 5) is 24.2. The predicted molar refractivity (Wildman–Crippen MR) is 114 cm³/mol. The minimum absolute atomic E-state index is 0.0469. The van der Waals surface area contributed by atoms with Crippen molar-refractivity contribution in [2.75, 3.05) is 12.9 Å². The molecule has 0 aliphatic rings. The molecule has 0 amide bonds. The van der Waals surface area contributed by atoms with Crippen LogP contribution in [0.1, 0.15) is 33.6 Å². The largest absolute Gasteiger partial charge is 0.462 e. The van der Waals surface area contributed by atoms with Gasteiger partial charge in [-0.2, -0.15) is 0 Å². The molecule has 0 atom stereocenters. The zero-order valence-corrected chi connectivity index (χ0v) is 17.6. The van der Waals surface area contributed by atoms with E-state index in [-0.39, 0.29) is 12.4 Å². The smallest absolute Gasteiger partial charge is 0.338 e. The molecular formula is C20H18N2O3S3. The van der Waals surface area contributed by atoms with E-state index >= 15 is 0 Å². The van der Waals surface area contributed by atoms with Gasteiger partial charge >= 0.3 is 5.97 Å². The second kappa shape index (κ2) is 9.77. The number of nitrogens with zero attached hydrogens (tertiary/aromatic N) is 2. The lowest BCUT2D eigenvalue weighted by atomic mass is 10.1. The molecule has 1 aromatic heterocycles. The summed E-state index contributed by atoms with van der Waals surface area (Å²) in [6.45, 7) is 0.202. The molecule has 0 N–H and O–H groups in total. The van der Waals surface area contributed by atoms with E-state index in [1.807, 2.05) is 24.5 Å². The molecule has 2 aromatic carbocycles. The molecule has 5 nitrogen and oxygen atoms in total. The van der Waals surface area contributed by atoms with Crippen LogP contribution in [0.2, 0.25) is 0 Å². The van der Waals surface area contributed by atoms with Gasteiger partial charge in [-0.25, -0.2) is 9.48 Å². The number of aromatic nitrogens is 2. The van der Waals surface area contributed by atoms with Gasteiger partial charge in [-0.1, -0.05) is 53.4 Å². The fraction of sp³-hybridized carbons (Fsp3) is 0.200. The summed E-state index contributed by atoms with van der Waals surface area (Å²) in [6.07, 6.45) is 2.78. The van der Waals surface area contributed by atoms with Gasteiger partial charge in [0.15, 0.2) is 14.1 Å². The van der Waals surface area contributed by atoms with Crippen molar-refractivity contribution in [3.63, 3.8) is 0 Å². The van der Waals surface area contributed by atoms with E-state index in [1.165, 1.54) is 11.3 Å². The first kappa shape index (κ1) is 20.4. The van der Waals surface area contributed by atoms with Crippen molar-refractivity contribution >= 4 is 47.1 Å². The Labute approximate surface area is 176 Å². The van der Waals surface area contributed by atoms with Gasteiger partial charge in [0.2, 0.25) is 0 Å². The maximum Gasteiger partial charge on any atom is 0.338 e. The van der Waals surface area contributed by atoms with Gasteiger partial charge in [0.05, 0.1) is 17.9 Å². The van der Waals surface area contributed by atoms with E-state index in [1.54, 1.807) is 52.8 Å². The van der Waals surface area contributed by atoms with Gasteiger partial charge < -0.3 is 4.74 Å². The Hall–Kier alpha value is -2.29. The van der Waals surface area contributed by atoms with E-state index in [2.05, 4.69) is 5.10 Å². The van der Waals surface area contributed by atoms with Crippen molar-refractivity contribution in [3.8, 4) is 5.69 Å². The number of hydrogen-bond acceptors (Lipinski definition) is 7. The molecule has 28 heavy (non-hydrogen) atoms. The number of ether oxygens (including phenoxy) is 1. The molecule has 144 valence electrons. The lowest BCUT2D eigenvalue weighted by molar-refractivity contribution is 0.0494. The summed E-state index contributed by atoms with van der Waals surface area (Å²) in [5.41, 5.74) is 1.92. The Morgan fingerprint density at radius 1 is 1.11 bits per heavy atom. The summed E-state index contributed by atoms with van der Waals surface area (Å²) in [5, 5.41) is 4.42. The fourth-order valence-electron chi connectivity index (χ4n) is 2.49. The summed E-state index contributed by atoms with van der Waals surface area (Å²) in [7, 11) is 0.